The molecule has 6 nitrogen and oxygen atoms in total. The number of nitrogens with zero attached hydrogens (tertiary/aromatic N) is 1. The zero-order valence-electron chi connectivity index (χ0n) is 19.0. The van der Waals surface area contributed by atoms with E-state index in [9.17, 15) is 9.59 Å². The van der Waals surface area contributed by atoms with Crippen molar-refractivity contribution >= 4 is 23.2 Å². The van der Waals surface area contributed by atoms with Gasteiger partial charge in [-0.05, 0) is 68.9 Å². The lowest BCUT2D eigenvalue weighted by Gasteiger charge is -2.33. The van der Waals surface area contributed by atoms with Gasteiger partial charge in [-0.3, -0.25) is 9.59 Å². The minimum Gasteiger partial charge on any atom is -0.376 e. The van der Waals surface area contributed by atoms with Crippen LogP contribution in [0.2, 0.25) is 0 Å². The molecular formula is C26H33N3O3. The van der Waals surface area contributed by atoms with Crippen molar-refractivity contribution < 1.29 is 14.3 Å². The number of carbonyl (C=O) groups is 2. The molecule has 1 atom stereocenters. The molecule has 2 fully saturated rings. The number of hydrogen-bond donors (Lipinski definition) is 2. The number of aryl methyl sites for hydroxylation is 1. The van der Waals surface area contributed by atoms with E-state index in [4.69, 9.17) is 4.74 Å². The molecule has 0 aliphatic carbocycles. The molecule has 170 valence electrons. The maximum atomic E-state index is 13.2. The Morgan fingerprint density at radius 3 is 2.47 bits per heavy atom. The van der Waals surface area contributed by atoms with Gasteiger partial charge in [0, 0.05) is 43.2 Å². The number of rotatable bonds is 6. The van der Waals surface area contributed by atoms with Crippen LogP contribution in [0, 0.1) is 12.8 Å². The largest absolute Gasteiger partial charge is 0.376 e. The highest BCUT2D eigenvalue weighted by molar-refractivity contribution is 6.06. The lowest BCUT2D eigenvalue weighted by molar-refractivity contribution is 0.0858. The van der Waals surface area contributed by atoms with Crippen molar-refractivity contribution in [2.24, 2.45) is 5.92 Å². The van der Waals surface area contributed by atoms with Gasteiger partial charge in [-0.2, -0.15) is 0 Å². The predicted molar refractivity (Wildman–Crippen MR) is 127 cm³/mol. The minimum atomic E-state index is -0.185. The van der Waals surface area contributed by atoms with Crippen LogP contribution in [-0.4, -0.2) is 44.2 Å². The van der Waals surface area contributed by atoms with Crippen LogP contribution in [0.1, 0.15) is 58.9 Å². The summed E-state index contributed by atoms with van der Waals surface area (Å²) in [6.07, 6.45) is 4.33. The second kappa shape index (κ2) is 10.2. The molecule has 2 aliphatic heterocycles. The monoisotopic (exact) mass is 435 g/mol. The van der Waals surface area contributed by atoms with E-state index in [0.717, 1.165) is 56.6 Å². The van der Waals surface area contributed by atoms with E-state index in [1.165, 1.54) is 0 Å². The molecule has 0 saturated carbocycles. The van der Waals surface area contributed by atoms with E-state index in [-0.39, 0.29) is 17.9 Å². The van der Waals surface area contributed by atoms with Crippen molar-refractivity contribution in [2.45, 2.75) is 45.6 Å². The normalized spacial score (nSPS) is 19.1. The second-order valence-corrected chi connectivity index (χ2v) is 9.07. The standard InChI is InChI=1S/C26H33N3O3/c1-18-5-7-20(8-6-18)25(30)28-21-9-10-24(29-13-11-19(2)12-14-29)23(16-21)26(31)27-17-22-4-3-15-32-22/h5-10,16,19,22H,3-4,11-15,17H2,1-2H3,(H,27,31)(H,28,30). The third-order valence-corrected chi connectivity index (χ3v) is 6.45. The number of ether oxygens (including phenoxy) is 1. The van der Waals surface area contributed by atoms with Crippen molar-refractivity contribution in [1.29, 1.82) is 0 Å². The lowest BCUT2D eigenvalue weighted by Crippen LogP contribution is -2.36. The Kier molecular flexibility index (Phi) is 7.10. The van der Waals surface area contributed by atoms with Crippen molar-refractivity contribution in [1.82, 2.24) is 5.32 Å². The van der Waals surface area contributed by atoms with Gasteiger partial charge in [-0.1, -0.05) is 24.6 Å². The van der Waals surface area contributed by atoms with Crippen molar-refractivity contribution in [2.75, 3.05) is 36.5 Å². The van der Waals surface area contributed by atoms with E-state index in [0.29, 0.717) is 29.3 Å². The van der Waals surface area contributed by atoms with Gasteiger partial charge in [0.2, 0.25) is 0 Å². The Balaban J connectivity index is 1.53. The van der Waals surface area contributed by atoms with Gasteiger partial charge in [0.25, 0.3) is 11.8 Å². The van der Waals surface area contributed by atoms with Crippen LogP contribution in [0.3, 0.4) is 0 Å². The van der Waals surface area contributed by atoms with Gasteiger partial charge in [0.15, 0.2) is 0 Å². The summed E-state index contributed by atoms with van der Waals surface area (Å²) in [4.78, 5) is 28.1. The number of benzene rings is 2. The fraction of sp³-hybridized carbons (Fsp3) is 0.462. The molecule has 32 heavy (non-hydrogen) atoms. The zero-order valence-corrected chi connectivity index (χ0v) is 19.0. The summed E-state index contributed by atoms with van der Waals surface area (Å²) in [5.74, 6) is 0.395. The lowest BCUT2D eigenvalue weighted by atomic mass is 9.97. The SMILES string of the molecule is Cc1ccc(C(=O)Nc2ccc(N3CCC(C)CC3)c(C(=O)NCC3CCCO3)c2)cc1. The Hall–Kier alpha value is -2.86. The summed E-state index contributed by atoms with van der Waals surface area (Å²) in [6, 6.07) is 13.1. The first-order valence-corrected chi connectivity index (χ1v) is 11.7. The summed E-state index contributed by atoms with van der Waals surface area (Å²) < 4.78 is 5.65. The van der Waals surface area contributed by atoms with Crippen molar-refractivity contribution in [3.8, 4) is 0 Å². The highest BCUT2D eigenvalue weighted by Crippen LogP contribution is 2.29. The van der Waals surface area contributed by atoms with Crippen LogP contribution < -0.4 is 15.5 Å². The molecule has 2 aromatic carbocycles. The highest BCUT2D eigenvalue weighted by atomic mass is 16.5. The van der Waals surface area contributed by atoms with Crippen LogP contribution in [0.5, 0.6) is 0 Å². The topological polar surface area (TPSA) is 70.7 Å². The second-order valence-electron chi connectivity index (χ2n) is 9.07. The van der Waals surface area contributed by atoms with Gasteiger partial charge in [-0.15, -0.1) is 0 Å². The van der Waals surface area contributed by atoms with Crippen LogP contribution in [0.15, 0.2) is 42.5 Å². The molecular weight excluding hydrogens is 402 g/mol. The third-order valence-electron chi connectivity index (χ3n) is 6.45. The van der Waals surface area contributed by atoms with Crippen LogP contribution in [0.4, 0.5) is 11.4 Å². The van der Waals surface area contributed by atoms with Gasteiger partial charge < -0.3 is 20.3 Å². The maximum absolute atomic E-state index is 13.2. The Morgan fingerprint density at radius 1 is 1.03 bits per heavy atom. The molecule has 2 saturated heterocycles. The molecule has 4 rings (SSSR count). The molecule has 2 aromatic rings. The van der Waals surface area contributed by atoms with Crippen LogP contribution >= 0.6 is 0 Å². The minimum absolute atomic E-state index is 0.0858. The fourth-order valence-electron chi connectivity index (χ4n) is 4.34. The van der Waals surface area contributed by atoms with E-state index >= 15 is 0 Å². The Labute approximate surface area is 190 Å². The first-order chi connectivity index (χ1) is 15.5. The number of amides is 2. The zero-order chi connectivity index (χ0) is 22.5. The Bertz CT molecular complexity index is 943. The number of hydrogen-bond acceptors (Lipinski definition) is 4. The molecule has 6 heteroatoms. The summed E-state index contributed by atoms with van der Waals surface area (Å²) in [6.45, 7) is 7.40. The van der Waals surface area contributed by atoms with Gasteiger partial charge in [-0.25, -0.2) is 0 Å². The highest BCUT2D eigenvalue weighted by Gasteiger charge is 2.23. The smallest absolute Gasteiger partial charge is 0.255 e. The first-order valence-electron chi connectivity index (χ1n) is 11.7. The average molecular weight is 436 g/mol. The fourth-order valence-corrected chi connectivity index (χ4v) is 4.34. The summed E-state index contributed by atoms with van der Waals surface area (Å²) >= 11 is 0. The average Bonchev–Trinajstić information content (AvgIpc) is 3.32. The predicted octanol–water partition coefficient (Wildman–Crippen LogP) is 4.39. The van der Waals surface area contributed by atoms with Gasteiger partial charge >= 0.3 is 0 Å². The van der Waals surface area contributed by atoms with Crippen molar-refractivity contribution in [3.63, 3.8) is 0 Å². The summed E-state index contributed by atoms with van der Waals surface area (Å²) in [5, 5.41) is 5.99. The van der Waals surface area contributed by atoms with Crippen LogP contribution in [-0.2, 0) is 4.74 Å². The molecule has 2 N–H and O–H groups in total. The van der Waals surface area contributed by atoms with Gasteiger partial charge in [0.1, 0.15) is 0 Å². The van der Waals surface area contributed by atoms with Crippen LogP contribution in [0.25, 0.3) is 0 Å². The number of nitrogens with one attached hydrogen (secondary N) is 2. The molecule has 1 unspecified atom stereocenters. The summed E-state index contributed by atoms with van der Waals surface area (Å²) in [5.41, 5.74) is 3.84. The number of piperidine rings is 1. The molecule has 2 heterocycles. The molecule has 0 aromatic heterocycles. The first kappa shape index (κ1) is 22.3. The molecule has 2 aliphatic rings. The Morgan fingerprint density at radius 2 is 1.78 bits per heavy atom. The summed E-state index contributed by atoms with van der Waals surface area (Å²) in [7, 11) is 0. The van der Waals surface area contributed by atoms with E-state index in [2.05, 4.69) is 22.5 Å². The van der Waals surface area contributed by atoms with E-state index in [1.807, 2.05) is 43.3 Å². The third kappa shape index (κ3) is 5.49. The number of carbonyl (C=O) groups excluding carboxylic acids is 2. The van der Waals surface area contributed by atoms with E-state index < -0.39 is 0 Å². The maximum Gasteiger partial charge on any atom is 0.255 e. The quantitative estimate of drug-likeness (QED) is 0.706. The molecule has 2 amide bonds. The van der Waals surface area contributed by atoms with E-state index in [1.54, 1.807) is 6.07 Å². The molecule has 0 radical (unpaired) electrons. The van der Waals surface area contributed by atoms with Crippen molar-refractivity contribution in [3.05, 3.63) is 59.2 Å². The molecule has 0 bridgehead atoms. The molecule has 0 spiro atoms. The number of anilines is 2. The van der Waals surface area contributed by atoms with Gasteiger partial charge in [0.05, 0.1) is 11.7 Å².